The minimum Gasteiger partial charge on any atom is -0.298 e. The normalized spacial score (nSPS) is 15.8. The predicted octanol–water partition coefficient (Wildman–Crippen LogP) is 2.86. The predicted molar refractivity (Wildman–Crippen MR) is 61.5 cm³/mol. The first-order chi connectivity index (χ1) is 5.98. The first kappa shape index (κ1) is 13.6. The van der Waals surface area contributed by atoms with Gasteiger partial charge < -0.3 is 0 Å². The summed E-state index contributed by atoms with van der Waals surface area (Å²) in [6.07, 6.45) is 0. The van der Waals surface area contributed by atoms with Gasteiger partial charge in [-0.05, 0) is 55.4 Å². The SMILES string of the molecule is CC(=O)C(C)N(C(C)(C)C)C(C)(C)C. The lowest BCUT2D eigenvalue weighted by Crippen LogP contribution is -2.58. The summed E-state index contributed by atoms with van der Waals surface area (Å²) >= 11 is 0. The van der Waals surface area contributed by atoms with Crippen LogP contribution in [-0.2, 0) is 4.79 Å². The number of carbonyl (C=O) groups excluding carboxylic acids is 1. The number of ketones is 1. The second kappa shape index (κ2) is 4.01. The molecule has 0 heterocycles. The molecule has 0 aliphatic heterocycles. The zero-order valence-corrected chi connectivity index (χ0v) is 10.9. The van der Waals surface area contributed by atoms with E-state index in [0.29, 0.717) is 0 Å². The van der Waals surface area contributed by atoms with Gasteiger partial charge in [-0.2, -0.15) is 0 Å². The summed E-state index contributed by atoms with van der Waals surface area (Å²) in [6.45, 7) is 16.5. The molecule has 0 amide bonds. The smallest absolute Gasteiger partial charge is 0.146 e. The molecule has 0 bridgehead atoms. The van der Waals surface area contributed by atoms with Crippen molar-refractivity contribution in [3.63, 3.8) is 0 Å². The van der Waals surface area contributed by atoms with Crippen LogP contribution >= 0.6 is 0 Å². The molecule has 1 unspecified atom stereocenters. The highest BCUT2D eigenvalue weighted by Crippen LogP contribution is 2.27. The van der Waals surface area contributed by atoms with Crippen LogP contribution in [0.3, 0.4) is 0 Å². The second-order valence-corrected chi connectivity index (χ2v) is 6.00. The fraction of sp³-hybridized carbons (Fsp3) is 0.917. The molecule has 0 saturated heterocycles. The van der Waals surface area contributed by atoms with Crippen molar-refractivity contribution in [2.75, 3.05) is 0 Å². The highest BCUT2D eigenvalue weighted by molar-refractivity contribution is 5.81. The summed E-state index contributed by atoms with van der Waals surface area (Å²) in [5.74, 6) is 0.231. The third-order valence-electron chi connectivity index (χ3n) is 2.42. The molecule has 0 aromatic carbocycles. The maximum absolute atomic E-state index is 11.4. The van der Waals surface area contributed by atoms with Crippen LogP contribution in [0.4, 0.5) is 0 Å². The third-order valence-corrected chi connectivity index (χ3v) is 2.42. The number of hydrogen-bond donors (Lipinski definition) is 0. The largest absolute Gasteiger partial charge is 0.298 e. The molecular formula is C12H25NO. The maximum Gasteiger partial charge on any atom is 0.146 e. The zero-order valence-electron chi connectivity index (χ0n) is 10.9. The number of hydrogen-bond acceptors (Lipinski definition) is 2. The monoisotopic (exact) mass is 199 g/mol. The Hall–Kier alpha value is -0.370. The summed E-state index contributed by atoms with van der Waals surface area (Å²) in [5, 5.41) is 0. The molecule has 2 nitrogen and oxygen atoms in total. The van der Waals surface area contributed by atoms with Gasteiger partial charge >= 0.3 is 0 Å². The van der Waals surface area contributed by atoms with Crippen molar-refractivity contribution in [2.24, 2.45) is 0 Å². The molecule has 0 fully saturated rings. The maximum atomic E-state index is 11.4. The Morgan fingerprint density at radius 2 is 1.29 bits per heavy atom. The van der Waals surface area contributed by atoms with Crippen LogP contribution in [0.1, 0.15) is 55.4 Å². The fourth-order valence-corrected chi connectivity index (χ4v) is 2.35. The van der Waals surface area contributed by atoms with E-state index in [4.69, 9.17) is 0 Å². The van der Waals surface area contributed by atoms with Crippen LogP contribution < -0.4 is 0 Å². The van der Waals surface area contributed by atoms with Gasteiger partial charge in [-0.1, -0.05) is 0 Å². The van der Waals surface area contributed by atoms with Crippen LogP contribution in [0.15, 0.2) is 0 Å². The summed E-state index contributed by atoms with van der Waals surface area (Å²) in [5.41, 5.74) is 0.0344. The molecule has 0 aliphatic rings. The van der Waals surface area contributed by atoms with Crippen molar-refractivity contribution in [1.82, 2.24) is 4.90 Å². The van der Waals surface area contributed by atoms with E-state index in [-0.39, 0.29) is 22.9 Å². The number of carbonyl (C=O) groups is 1. The van der Waals surface area contributed by atoms with Gasteiger partial charge in [0.15, 0.2) is 0 Å². The van der Waals surface area contributed by atoms with E-state index in [1.807, 2.05) is 6.92 Å². The molecule has 0 spiro atoms. The van der Waals surface area contributed by atoms with Crippen LogP contribution in [0, 0.1) is 0 Å². The summed E-state index contributed by atoms with van der Waals surface area (Å²) in [6, 6.07) is -0.0185. The molecule has 14 heavy (non-hydrogen) atoms. The summed E-state index contributed by atoms with van der Waals surface area (Å²) < 4.78 is 0. The van der Waals surface area contributed by atoms with Gasteiger partial charge in [0.2, 0.25) is 0 Å². The number of rotatable bonds is 2. The molecule has 84 valence electrons. The first-order valence-electron chi connectivity index (χ1n) is 5.28. The Kier molecular flexibility index (Phi) is 3.91. The van der Waals surface area contributed by atoms with Crippen molar-refractivity contribution >= 4 is 5.78 Å². The van der Waals surface area contributed by atoms with Gasteiger partial charge in [-0.25, -0.2) is 0 Å². The molecule has 0 rings (SSSR count). The zero-order chi connectivity index (χ0) is 11.7. The van der Waals surface area contributed by atoms with Crippen molar-refractivity contribution in [1.29, 1.82) is 0 Å². The Labute approximate surface area is 88.7 Å². The van der Waals surface area contributed by atoms with Crippen LogP contribution in [-0.4, -0.2) is 27.8 Å². The molecule has 0 radical (unpaired) electrons. The van der Waals surface area contributed by atoms with E-state index in [0.717, 1.165) is 0 Å². The van der Waals surface area contributed by atoms with E-state index < -0.39 is 0 Å². The highest BCUT2D eigenvalue weighted by atomic mass is 16.1. The van der Waals surface area contributed by atoms with Crippen molar-refractivity contribution in [2.45, 2.75) is 72.5 Å². The Balaban J connectivity index is 5.03. The minimum atomic E-state index is -0.0185. The standard InChI is InChI=1S/C12H25NO/c1-9(10(2)14)13(11(3,4)5)12(6,7)8/h9H,1-8H3. The molecule has 0 saturated carbocycles. The highest BCUT2D eigenvalue weighted by Gasteiger charge is 2.36. The molecule has 0 aliphatic carbocycles. The fourth-order valence-electron chi connectivity index (χ4n) is 2.35. The quantitative estimate of drug-likeness (QED) is 0.681. The topological polar surface area (TPSA) is 20.3 Å². The Bertz CT molecular complexity index is 193. The van der Waals surface area contributed by atoms with Gasteiger partial charge in [0.05, 0.1) is 6.04 Å². The van der Waals surface area contributed by atoms with Crippen LogP contribution in [0.2, 0.25) is 0 Å². The van der Waals surface area contributed by atoms with Gasteiger partial charge in [-0.15, -0.1) is 0 Å². The van der Waals surface area contributed by atoms with E-state index in [9.17, 15) is 4.79 Å². The van der Waals surface area contributed by atoms with E-state index in [2.05, 4.69) is 46.4 Å². The molecule has 0 aromatic rings. The van der Waals surface area contributed by atoms with Crippen LogP contribution in [0.25, 0.3) is 0 Å². The van der Waals surface area contributed by atoms with Crippen molar-refractivity contribution in [3.8, 4) is 0 Å². The van der Waals surface area contributed by atoms with Crippen molar-refractivity contribution < 1.29 is 4.79 Å². The minimum absolute atomic E-state index is 0.0172. The summed E-state index contributed by atoms with van der Waals surface area (Å²) in [4.78, 5) is 13.7. The molecule has 0 aromatic heterocycles. The Morgan fingerprint density at radius 1 is 1.00 bits per heavy atom. The molecule has 2 heteroatoms. The third kappa shape index (κ3) is 3.41. The van der Waals surface area contributed by atoms with E-state index in [1.165, 1.54) is 0 Å². The molecule has 1 atom stereocenters. The lowest BCUT2D eigenvalue weighted by atomic mass is 9.92. The molecule has 0 N–H and O–H groups in total. The van der Waals surface area contributed by atoms with E-state index in [1.54, 1.807) is 6.92 Å². The Morgan fingerprint density at radius 3 is 1.36 bits per heavy atom. The molecular weight excluding hydrogens is 174 g/mol. The second-order valence-electron chi connectivity index (χ2n) is 6.00. The average Bonchev–Trinajstić information content (AvgIpc) is 1.79. The van der Waals surface area contributed by atoms with Gasteiger partial charge in [0.25, 0.3) is 0 Å². The number of Topliss-reactive ketones (excluding diaryl/α,β-unsaturated/α-hetero) is 1. The van der Waals surface area contributed by atoms with E-state index >= 15 is 0 Å². The van der Waals surface area contributed by atoms with Crippen LogP contribution in [0.5, 0.6) is 0 Å². The van der Waals surface area contributed by atoms with Gasteiger partial charge in [0, 0.05) is 11.1 Å². The van der Waals surface area contributed by atoms with Crippen molar-refractivity contribution in [3.05, 3.63) is 0 Å². The van der Waals surface area contributed by atoms with Gasteiger partial charge in [0.1, 0.15) is 5.78 Å². The summed E-state index contributed by atoms with van der Waals surface area (Å²) in [7, 11) is 0. The lowest BCUT2D eigenvalue weighted by molar-refractivity contribution is -0.127. The number of nitrogens with zero attached hydrogens (tertiary/aromatic N) is 1. The average molecular weight is 199 g/mol. The first-order valence-corrected chi connectivity index (χ1v) is 5.28. The van der Waals surface area contributed by atoms with Gasteiger partial charge in [-0.3, -0.25) is 9.69 Å². The lowest BCUT2D eigenvalue weighted by Gasteiger charge is -2.48.